The maximum absolute atomic E-state index is 12.0. The zero-order chi connectivity index (χ0) is 15.6. The van der Waals surface area contributed by atoms with Gasteiger partial charge in [-0.3, -0.25) is 9.59 Å². The first-order chi connectivity index (χ1) is 9.77. The molecule has 1 heterocycles. The number of carbonyl (C=O) groups is 1. The zero-order valence-corrected chi connectivity index (χ0v) is 12.1. The molecule has 3 N–H and O–H groups in total. The molecule has 6 nitrogen and oxygen atoms in total. The van der Waals surface area contributed by atoms with Crippen molar-refractivity contribution in [1.29, 1.82) is 0 Å². The average molecular weight is 287 g/mol. The van der Waals surface area contributed by atoms with Crippen LogP contribution in [0.3, 0.4) is 0 Å². The third kappa shape index (κ3) is 3.47. The van der Waals surface area contributed by atoms with E-state index < -0.39 is 5.91 Å². The molecule has 1 aromatic carbocycles. The molecule has 0 radical (unpaired) electrons. The van der Waals surface area contributed by atoms with Crippen molar-refractivity contribution in [3.05, 3.63) is 51.9 Å². The lowest BCUT2D eigenvalue weighted by atomic mass is 9.87. The number of phenols is 1. The van der Waals surface area contributed by atoms with Crippen molar-refractivity contribution in [2.45, 2.75) is 26.2 Å². The first-order valence-electron chi connectivity index (χ1n) is 6.48. The first kappa shape index (κ1) is 14.8. The van der Waals surface area contributed by atoms with Crippen LogP contribution in [0, 0.1) is 0 Å². The summed E-state index contributed by atoms with van der Waals surface area (Å²) in [5.74, 6) is -0.534. The van der Waals surface area contributed by atoms with Crippen molar-refractivity contribution >= 4 is 11.6 Å². The Morgan fingerprint density at radius 1 is 1.24 bits per heavy atom. The predicted octanol–water partition coefficient (Wildman–Crippen LogP) is 2.03. The Bertz CT molecular complexity index is 709. The van der Waals surface area contributed by atoms with Gasteiger partial charge in [0.2, 0.25) is 0 Å². The number of aromatic hydroxyl groups is 1. The first-order valence-corrected chi connectivity index (χ1v) is 6.48. The monoisotopic (exact) mass is 287 g/mol. The van der Waals surface area contributed by atoms with E-state index in [1.54, 1.807) is 6.07 Å². The number of rotatable bonds is 2. The maximum atomic E-state index is 12.0. The van der Waals surface area contributed by atoms with E-state index in [4.69, 9.17) is 0 Å². The highest BCUT2D eigenvalue weighted by atomic mass is 16.3. The highest BCUT2D eigenvalue weighted by Gasteiger charge is 2.17. The summed E-state index contributed by atoms with van der Waals surface area (Å²) in [4.78, 5) is 23.0. The molecule has 2 aromatic rings. The van der Waals surface area contributed by atoms with Gasteiger partial charge in [0.1, 0.15) is 11.4 Å². The van der Waals surface area contributed by atoms with E-state index in [0.717, 1.165) is 5.56 Å². The number of nitrogens with one attached hydrogen (secondary N) is 2. The van der Waals surface area contributed by atoms with Crippen molar-refractivity contribution in [2.75, 3.05) is 5.32 Å². The van der Waals surface area contributed by atoms with E-state index in [1.165, 1.54) is 18.2 Å². The number of benzene rings is 1. The molecule has 0 aliphatic carbocycles. The van der Waals surface area contributed by atoms with Crippen LogP contribution in [0.25, 0.3) is 0 Å². The molecular weight excluding hydrogens is 270 g/mol. The van der Waals surface area contributed by atoms with Crippen LogP contribution in [-0.4, -0.2) is 21.2 Å². The van der Waals surface area contributed by atoms with E-state index in [-0.39, 0.29) is 22.4 Å². The Morgan fingerprint density at radius 2 is 1.95 bits per heavy atom. The van der Waals surface area contributed by atoms with Gasteiger partial charge >= 0.3 is 0 Å². The minimum Gasteiger partial charge on any atom is -0.506 e. The normalized spacial score (nSPS) is 11.2. The van der Waals surface area contributed by atoms with Gasteiger partial charge in [-0.1, -0.05) is 26.8 Å². The van der Waals surface area contributed by atoms with Gasteiger partial charge in [0.15, 0.2) is 0 Å². The van der Waals surface area contributed by atoms with Crippen LogP contribution >= 0.6 is 0 Å². The minimum absolute atomic E-state index is 0.0271. The SMILES string of the molecule is CC(C)(C)c1ccc(O)c(NC(=O)c2ccc(=O)[nH]n2)c1. The van der Waals surface area contributed by atoms with Crippen molar-refractivity contribution in [2.24, 2.45) is 0 Å². The summed E-state index contributed by atoms with van der Waals surface area (Å²) in [6.45, 7) is 6.11. The third-order valence-electron chi connectivity index (χ3n) is 3.02. The summed E-state index contributed by atoms with van der Waals surface area (Å²) in [5, 5.41) is 18.3. The number of carbonyl (C=O) groups excluding carboxylic acids is 1. The molecule has 0 atom stereocenters. The number of amides is 1. The standard InChI is InChI=1S/C15H17N3O3/c1-15(2,3)9-4-6-12(19)11(8-9)16-14(21)10-5-7-13(20)18-17-10/h4-8,19H,1-3H3,(H,16,21)(H,18,20). The van der Waals surface area contributed by atoms with Gasteiger partial charge in [0.05, 0.1) is 5.69 Å². The van der Waals surface area contributed by atoms with E-state index in [9.17, 15) is 14.7 Å². The Balaban J connectivity index is 2.28. The number of aromatic amines is 1. The van der Waals surface area contributed by atoms with Gasteiger partial charge < -0.3 is 10.4 Å². The number of hydrogen-bond donors (Lipinski definition) is 3. The van der Waals surface area contributed by atoms with Crippen LogP contribution < -0.4 is 10.9 Å². The Kier molecular flexibility index (Phi) is 3.80. The van der Waals surface area contributed by atoms with Crippen LogP contribution in [0.1, 0.15) is 36.8 Å². The molecule has 110 valence electrons. The quantitative estimate of drug-likeness (QED) is 0.736. The van der Waals surface area contributed by atoms with Gasteiger partial charge in [-0.05, 0) is 29.2 Å². The second kappa shape index (κ2) is 5.40. The highest BCUT2D eigenvalue weighted by molar-refractivity contribution is 6.03. The molecule has 0 unspecified atom stereocenters. The lowest BCUT2D eigenvalue weighted by Crippen LogP contribution is -2.18. The molecule has 0 saturated carbocycles. The third-order valence-corrected chi connectivity index (χ3v) is 3.02. The molecule has 1 aromatic heterocycles. The topological polar surface area (TPSA) is 95.1 Å². The molecule has 1 amide bonds. The number of H-pyrrole nitrogens is 1. The van der Waals surface area contributed by atoms with Gasteiger partial charge in [-0.25, -0.2) is 5.10 Å². The van der Waals surface area contributed by atoms with Gasteiger partial charge in [0.25, 0.3) is 11.5 Å². The Morgan fingerprint density at radius 3 is 2.52 bits per heavy atom. The molecule has 0 saturated heterocycles. The fourth-order valence-electron chi connectivity index (χ4n) is 1.76. The van der Waals surface area contributed by atoms with Crippen LogP contribution in [-0.2, 0) is 5.41 Å². The number of aromatic nitrogens is 2. The van der Waals surface area contributed by atoms with Crippen LogP contribution in [0.2, 0.25) is 0 Å². The van der Waals surface area contributed by atoms with Crippen LogP contribution in [0.4, 0.5) is 5.69 Å². The smallest absolute Gasteiger partial charge is 0.276 e. The molecule has 0 aliphatic rings. The second-order valence-electron chi connectivity index (χ2n) is 5.74. The number of nitrogens with zero attached hydrogens (tertiary/aromatic N) is 1. The number of phenolic OH excluding ortho intramolecular Hbond substituents is 1. The van der Waals surface area contributed by atoms with Gasteiger partial charge in [-0.15, -0.1) is 0 Å². The Labute approximate surface area is 121 Å². The summed E-state index contributed by atoms with van der Waals surface area (Å²) in [6.07, 6.45) is 0. The molecule has 0 fully saturated rings. The van der Waals surface area contributed by atoms with Crippen molar-refractivity contribution < 1.29 is 9.90 Å². The second-order valence-corrected chi connectivity index (χ2v) is 5.74. The van der Waals surface area contributed by atoms with Crippen molar-refractivity contribution in [3.63, 3.8) is 0 Å². The minimum atomic E-state index is -0.507. The molecule has 6 heteroatoms. The average Bonchev–Trinajstić information content (AvgIpc) is 2.40. The lowest BCUT2D eigenvalue weighted by molar-refractivity contribution is 0.102. The van der Waals surface area contributed by atoms with E-state index in [2.05, 4.69) is 15.5 Å². The number of hydrogen-bond acceptors (Lipinski definition) is 4. The van der Waals surface area contributed by atoms with Crippen molar-refractivity contribution in [1.82, 2.24) is 10.2 Å². The van der Waals surface area contributed by atoms with Gasteiger partial charge in [0, 0.05) is 6.07 Å². The summed E-state index contributed by atoms with van der Waals surface area (Å²) in [5.41, 5.74) is 0.855. The maximum Gasteiger partial charge on any atom is 0.276 e. The fourth-order valence-corrected chi connectivity index (χ4v) is 1.76. The predicted molar refractivity (Wildman–Crippen MR) is 79.6 cm³/mol. The van der Waals surface area contributed by atoms with E-state index >= 15 is 0 Å². The largest absolute Gasteiger partial charge is 0.506 e. The van der Waals surface area contributed by atoms with E-state index in [1.807, 2.05) is 26.8 Å². The molecule has 2 rings (SSSR count). The summed E-state index contributed by atoms with van der Waals surface area (Å²) < 4.78 is 0. The fraction of sp³-hybridized carbons (Fsp3) is 0.267. The number of anilines is 1. The summed E-state index contributed by atoms with van der Waals surface area (Å²) in [7, 11) is 0. The highest BCUT2D eigenvalue weighted by Crippen LogP contribution is 2.30. The lowest BCUT2D eigenvalue weighted by Gasteiger charge is -2.20. The van der Waals surface area contributed by atoms with Gasteiger partial charge in [-0.2, -0.15) is 5.10 Å². The zero-order valence-electron chi connectivity index (χ0n) is 12.1. The van der Waals surface area contributed by atoms with Crippen molar-refractivity contribution in [3.8, 4) is 5.75 Å². The molecular formula is C15H17N3O3. The molecule has 21 heavy (non-hydrogen) atoms. The molecule has 0 bridgehead atoms. The van der Waals surface area contributed by atoms with Crippen LogP contribution in [0.15, 0.2) is 35.1 Å². The molecule has 0 spiro atoms. The van der Waals surface area contributed by atoms with E-state index in [0.29, 0.717) is 5.69 Å². The Hall–Kier alpha value is -2.63. The van der Waals surface area contributed by atoms with Crippen LogP contribution in [0.5, 0.6) is 5.75 Å². The molecule has 0 aliphatic heterocycles. The summed E-state index contributed by atoms with van der Waals surface area (Å²) >= 11 is 0. The summed E-state index contributed by atoms with van der Waals surface area (Å²) in [6, 6.07) is 7.60.